The number of amides is 1. The Hall–Kier alpha value is -1.55. The lowest BCUT2D eigenvalue weighted by molar-refractivity contribution is -0.116. The van der Waals surface area contributed by atoms with E-state index in [1.807, 2.05) is 0 Å². The molecule has 1 heterocycles. The molecule has 1 aliphatic rings. The van der Waals surface area contributed by atoms with Gasteiger partial charge in [0.2, 0.25) is 5.24 Å². The quantitative estimate of drug-likeness (QED) is 0.799. The van der Waals surface area contributed by atoms with Crippen molar-refractivity contribution in [2.24, 2.45) is 5.92 Å². The van der Waals surface area contributed by atoms with Gasteiger partial charge in [-0.1, -0.05) is 0 Å². The van der Waals surface area contributed by atoms with Gasteiger partial charge in [-0.25, -0.2) is 0 Å². The number of hydrogen-bond donors (Lipinski definition) is 0. The Labute approximate surface area is 117 Å². The van der Waals surface area contributed by atoms with Crippen LogP contribution in [0.5, 0.6) is 5.75 Å². The molecule has 1 aromatic carbocycles. The summed E-state index contributed by atoms with van der Waals surface area (Å²) < 4.78 is 5.06. The first-order chi connectivity index (χ1) is 9.11. The first-order valence-corrected chi connectivity index (χ1v) is 6.62. The molecular weight excluding hydrogens is 266 g/mol. The van der Waals surface area contributed by atoms with Crippen LogP contribution in [0.2, 0.25) is 0 Å². The summed E-state index contributed by atoms with van der Waals surface area (Å²) in [5.41, 5.74) is 0.636. The SMILES string of the molecule is COc1ccc(C(=O)N2CCC(C(=O)Cl)CC2)cc1. The maximum atomic E-state index is 12.2. The maximum absolute atomic E-state index is 12.2. The molecule has 1 saturated heterocycles. The van der Waals surface area contributed by atoms with Crippen molar-refractivity contribution in [2.75, 3.05) is 20.2 Å². The smallest absolute Gasteiger partial charge is 0.253 e. The largest absolute Gasteiger partial charge is 0.497 e. The topological polar surface area (TPSA) is 46.6 Å². The van der Waals surface area contributed by atoms with E-state index >= 15 is 0 Å². The molecule has 0 bridgehead atoms. The number of methoxy groups -OCH3 is 1. The fraction of sp³-hybridized carbons (Fsp3) is 0.429. The van der Waals surface area contributed by atoms with Crippen LogP contribution in [-0.4, -0.2) is 36.2 Å². The number of ether oxygens (including phenoxy) is 1. The van der Waals surface area contributed by atoms with E-state index in [0.717, 1.165) is 5.75 Å². The zero-order chi connectivity index (χ0) is 13.8. The molecule has 0 unspecified atom stereocenters. The van der Waals surface area contributed by atoms with E-state index < -0.39 is 0 Å². The van der Waals surface area contributed by atoms with Crippen LogP contribution in [0.25, 0.3) is 0 Å². The molecule has 0 radical (unpaired) electrons. The van der Waals surface area contributed by atoms with Crippen molar-refractivity contribution in [3.63, 3.8) is 0 Å². The Morgan fingerprint density at radius 2 is 1.79 bits per heavy atom. The second-order valence-corrected chi connectivity index (χ2v) is 4.97. The fourth-order valence-electron chi connectivity index (χ4n) is 2.23. The minimum atomic E-state index is -0.295. The molecule has 4 nitrogen and oxygen atoms in total. The summed E-state index contributed by atoms with van der Waals surface area (Å²) in [6, 6.07) is 7.03. The predicted octanol–water partition coefficient (Wildman–Crippen LogP) is 2.31. The highest BCUT2D eigenvalue weighted by atomic mass is 35.5. The average Bonchev–Trinajstić information content (AvgIpc) is 2.46. The second kappa shape index (κ2) is 6.06. The Kier molecular flexibility index (Phi) is 4.43. The highest BCUT2D eigenvalue weighted by Crippen LogP contribution is 2.21. The zero-order valence-corrected chi connectivity index (χ0v) is 11.5. The van der Waals surface area contributed by atoms with E-state index in [1.165, 1.54) is 0 Å². The predicted molar refractivity (Wildman–Crippen MR) is 72.5 cm³/mol. The van der Waals surface area contributed by atoms with Crippen molar-refractivity contribution in [3.8, 4) is 5.75 Å². The molecule has 1 fully saturated rings. The van der Waals surface area contributed by atoms with Gasteiger partial charge >= 0.3 is 0 Å². The number of hydrogen-bond acceptors (Lipinski definition) is 3. The summed E-state index contributed by atoms with van der Waals surface area (Å²) in [5.74, 6) is 0.604. The van der Waals surface area contributed by atoms with Crippen LogP contribution in [0.15, 0.2) is 24.3 Å². The lowest BCUT2D eigenvalue weighted by Crippen LogP contribution is -2.39. The molecule has 0 aliphatic carbocycles. The van der Waals surface area contributed by atoms with Crippen molar-refractivity contribution < 1.29 is 14.3 Å². The third kappa shape index (κ3) is 3.26. The van der Waals surface area contributed by atoms with Gasteiger partial charge in [0.25, 0.3) is 5.91 Å². The molecule has 1 aliphatic heterocycles. The molecule has 19 heavy (non-hydrogen) atoms. The highest BCUT2D eigenvalue weighted by Gasteiger charge is 2.26. The summed E-state index contributed by atoms with van der Waals surface area (Å²) in [4.78, 5) is 25.1. The van der Waals surface area contributed by atoms with Crippen LogP contribution >= 0.6 is 11.6 Å². The molecule has 1 aromatic rings. The van der Waals surface area contributed by atoms with Gasteiger partial charge < -0.3 is 9.64 Å². The van der Waals surface area contributed by atoms with Gasteiger partial charge in [-0.2, -0.15) is 0 Å². The van der Waals surface area contributed by atoms with Crippen LogP contribution < -0.4 is 4.74 Å². The fourth-order valence-corrected chi connectivity index (χ4v) is 2.44. The molecule has 5 heteroatoms. The number of likely N-dealkylation sites (tertiary alicyclic amines) is 1. The van der Waals surface area contributed by atoms with Gasteiger partial charge in [-0.05, 0) is 48.7 Å². The number of benzene rings is 1. The Bertz CT molecular complexity index is 464. The minimum Gasteiger partial charge on any atom is -0.497 e. The first kappa shape index (κ1) is 13.9. The van der Waals surface area contributed by atoms with Crippen LogP contribution in [-0.2, 0) is 4.79 Å². The second-order valence-electron chi connectivity index (χ2n) is 4.60. The molecular formula is C14H16ClNO3. The van der Waals surface area contributed by atoms with E-state index in [2.05, 4.69) is 0 Å². The summed E-state index contributed by atoms with van der Waals surface area (Å²) in [6.07, 6.45) is 1.29. The summed E-state index contributed by atoms with van der Waals surface area (Å²) in [7, 11) is 1.59. The van der Waals surface area contributed by atoms with Gasteiger partial charge in [0.1, 0.15) is 5.75 Å². The van der Waals surface area contributed by atoms with Gasteiger partial charge in [-0.15, -0.1) is 0 Å². The molecule has 0 atom stereocenters. The Balaban J connectivity index is 1.98. The summed E-state index contributed by atoms with van der Waals surface area (Å²) in [5, 5.41) is -0.295. The third-order valence-corrected chi connectivity index (χ3v) is 3.75. The van der Waals surface area contributed by atoms with Gasteiger partial charge in [-0.3, -0.25) is 9.59 Å². The zero-order valence-electron chi connectivity index (χ0n) is 10.8. The summed E-state index contributed by atoms with van der Waals surface area (Å²) in [6.45, 7) is 1.15. The lowest BCUT2D eigenvalue weighted by atomic mass is 9.98. The molecule has 0 saturated carbocycles. The lowest BCUT2D eigenvalue weighted by Gasteiger charge is -2.30. The Morgan fingerprint density at radius 3 is 2.26 bits per heavy atom. The van der Waals surface area contributed by atoms with E-state index in [4.69, 9.17) is 16.3 Å². The van der Waals surface area contributed by atoms with Gasteiger partial charge in [0.05, 0.1) is 7.11 Å². The number of piperidine rings is 1. The van der Waals surface area contributed by atoms with Crippen LogP contribution in [0.1, 0.15) is 23.2 Å². The van der Waals surface area contributed by atoms with Gasteiger partial charge in [0, 0.05) is 24.6 Å². The van der Waals surface area contributed by atoms with Crippen molar-refractivity contribution in [1.29, 1.82) is 0 Å². The molecule has 0 N–H and O–H groups in total. The van der Waals surface area contributed by atoms with Crippen LogP contribution in [0.3, 0.4) is 0 Å². The van der Waals surface area contributed by atoms with Crippen molar-refractivity contribution >= 4 is 22.8 Å². The van der Waals surface area contributed by atoms with E-state index in [0.29, 0.717) is 31.5 Å². The number of carbonyl (C=O) groups excluding carboxylic acids is 2. The van der Waals surface area contributed by atoms with Crippen molar-refractivity contribution in [1.82, 2.24) is 4.90 Å². The average molecular weight is 282 g/mol. The minimum absolute atomic E-state index is 0.0110. The molecule has 0 aromatic heterocycles. The number of carbonyl (C=O) groups is 2. The van der Waals surface area contributed by atoms with Gasteiger partial charge in [0.15, 0.2) is 0 Å². The number of nitrogens with zero attached hydrogens (tertiary/aromatic N) is 1. The number of rotatable bonds is 3. The molecule has 1 amide bonds. The van der Waals surface area contributed by atoms with E-state index in [9.17, 15) is 9.59 Å². The summed E-state index contributed by atoms with van der Waals surface area (Å²) >= 11 is 5.48. The normalized spacial score (nSPS) is 16.2. The third-order valence-electron chi connectivity index (χ3n) is 3.44. The van der Waals surface area contributed by atoms with E-state index in [-0.39, 0.29) is 17.1 Å². The van der Waals surface area contributed by atoms with Crippen molar-refractivity contribution in [3.05, 3.63) is 29.8 Å². The molecule has 0 spiro atoms. The highest BCUT2D eigenvalue weighted by molar-refractivity contribution is 6.64. The van der Waals surface area contributed by atoms with Crippen LogP contribution in [0, 0.1) is 5.92 Å². The monoisotopic (exact) mass is 281 g/mol. The molecule has 2 rings (SSSR count). The van der Waals surface area contributed by atoms with Crippen molar-refractivity contribution in [2.45, 2.75) is 12.8 Å². The van der Waals surface area contributed by atoms with Crippen LogP contribution in [0.4, 0.5) is 0 Å². The number of halogens is 1. The molecule has 102 valence electrons. The Morgan fingerprint density at radius 1 is 1.21 bits per heavy atom. The first-order valence-electron chi connectivity index (χ1n) is 6.24. The van der Waals surface area contributed by atoms with E-state index in [1.54, 1.807) is 36.3 Å². The standard InChI is InChI=1S/C14H16ClNO3/c1-19-12-4-2-11(3-5-12)14(18)16-8-6-10(7-9-16)13(15)17/h2-5,10H,6-9H2,1H3. The maximum Gasteiger partial charge on any atom is 0.253 e.